The summed E-state index contributed by atoms with van der Waals surface area (Å²) in [7, 11) is 0. The van der Waals surface area contributed by atoms with Crippen LogP contribution in [0.5, 0.6) is 0 Å². The first kappa shape index (κ1) is 32.9. The summed E-state index contributed by atoms with van der Waals surface area (Å²) in [6.07, 6.45) is 30.4. The van der Waals surface area contributed by atoms with Crippen LogP contribution in [0, 0.1) is 5.92 Å². The van der Waals surface area contributed by atoms with Crippen molar-refractivity contribution in [3.63, 3.8) is 0 Å². The molecule has 2 N–H and O–H groups in total. The quantitative estimate of drug-likeness (QED) is 0.102. The maximum Gasteiger partial charge on any atom is 0.0182 e. The van der Waals surface area contributed by atoms with Crippen LogP contribution in [0.4, 0.5) is 0 Å². The van der Waals surface area contributed by atoms with Gasteiger partial charge in [-0.25, -0.2) is 0 Å². The van der Waals surface area contributed by atoms with E-state index in [0.29, 0.717) is 0 Å². The molecular formula is C28H60IN. The molecule has 0 saturated carbocycles. The van der Waals surface area contributed by atoms with E-state index in [-0.39, 0.29) is 29.5 Å². The van der Waals surface area contributed by atoms with Gasteiger partial charge in [-0.2, -0.15) is 0 Å². The molecule has 184 valence electrons. The molecule has 0 aliphatic heterocycles. The zero-order valence-corrected chi connectivity index (χ0v) is 23.9. The fraction of sp³-hybridized carbons (Fsp3) is 1.00. The SMILES string of the molecule is CCCCCCCCCCCCCCC(CCCC)C(N)(CCCC)CCCC.I. The smallest absolute Gasteiger partial charge is 0.0182 e. The lowest BCUT2D eigenvalue weighted by Crippen LogP contribution is -2.47. The van der Waals surface area contributed by atoms with Gasteiger partial charge in [0.25, 0.3) is 0 Å². The molecule has 0 heterocycles. The lowest BCUT2D eigenvalue weighted by molar-refractivity contribution is 0.193. The summed E-state index contributed by atoms with van der Waals surface area (Å²) < 4.78 is 0. The second-order valence-corrected chi connectivity index (χ2v) is 9.96. The fourth-order valence-electron chi connectivity index (χ4n) is 4.95. The normalized spacial score (nSPS) is 12.7. The van der Waals surface area contributed by atoms with Crippen molar-refractivity contribution in [3.05, 3.63) is 0 Å². The summed E-state index contributed by atoms with van der Waals surface area (Å²) in [4.78, 5) is 0. The van der Waals surface area contributed by atoms with Gasteiger partial charge < -0.3 is 5.73 Å². The molecule has 0 rings (SSSR count). The van der Waals surface area contributed by atoms with Gasteiger partial charge in [-0.3, -0.25) is 0 Å². The van der Waals surface area contributed by atoms with E-state index in [1.807, 2.05) is 0 Å². The van der Waals surface area contributed by atoms with Gasteiger partial charge in [0.15, 0.2) is 0 Å². The third kappa shape index (κ3) is 18.3. The Morgan fingerprint density at radius 1 is 0.467 bits per heavy atom. The first-order valence-corrected chi connectivity index (χ1v) is 13.9. The van der Waals surface area contributed by atoms with Crippen LogP contribution in [0.15, 0.2) is 0 Å². The largest absolute Gasteiger partial charge is 0.325 e. The Morgan fingerprint density at radius 3 is 1.20 bits per heavy atom. The molecule has 0 saturated heterocycles. The number of unbranched alkanes of at least 4 members (excludes halogenated alkanes) is 14. The molecule has 1 nitrogen and oxygen atoms in total. The summed E-state index contributed by atoms with van der Waals surface area (Å²) in [5, 5.41) is 0. The number of hydrogen-bond donors (Lipinski definition) is 1. The Balaban J connectivity index is 0. The summed E-state index contributed by atoms with van der Waals surface area (Å²) in [6.45, 7) is 9.26. The summed E-state index contributed by atoms with van der Waals surface area (Å²) in [5.41, 5.74) is 7.20. The number of nitrogens with two attached hydrogens (primary N) is 1. The second-order valence-electron chi connectivity index (χ2n) is 9.96. The lowest BCUT2D eigenvalue weighted by atomic mass is 9.72. The van der Waals surface area contributed by atoms with E-state index in [4.69, 9.17) is 5.73 Å². The molecule has 0 aromatic carbocycles. The molecule has 0 fully saturated rings. The minimum atomic E-state index is 0. The van der Waals surface area contributed by atoms with Gasteiger partial charge in [-0.15, -0.1) is 24.0 Å². The van der Waals surface area contributed by atoms with Gasteiger partial charge in [-0.1, -0.05) is 143 Å². The lowest BCUT2D eigenvalue weighted by Gasteiger charge is -2.39. The van der Waals surface area contributed by atoms with E-state index in [0.717, 1.165) is 5.92 Å². The van der Waals surface area contributed by atoms with Crippen LogP contribution < -0.4 is 5.73 Å². The summed E-state index contributed by atoms with van der Waals surface area (Å²) in [5.74, 6) is 0.753. The van der Waals surface area contributed by atoms with Crippen molar-refractivity contribution in [1.82, 2.24) is 0 Å². The molecule has 0 spiro atoms. The van der Waals surface area contributed by atoms with Crippen molar-refractivity contribution in [3.8, 4) is 0 Å². The van der Waals surface area contributed by atoms with Crippen LogP contribution in [0.2, 0.25) is 0 Å². The van der Waals surface area contributed by atoms with Crippen molar-refractivity contribution >= 4 is 24.0 Å². The van der Waals surface area contributed by atoms with Crippen LogP contribution in [0.25, 0.3) is 0 Å². The van der Waals surface area contributed by atoms with Gasteiger partial charge in [0.1, 0.15) is 0 Å². The minimum absolute atomic E-state index is 0. The van der Waals surface area contributed by atoms with E-state index in [2.05, 4.69) is 27.7 Å². The highest BCUT2D eigenvalue weighted by atomic mass is 127. The molecule has 0 aliphatic rings. The van der Waals surface area contributed by atoms with Crippen LogP contribution in [0.3, 0.4) is 0 Å². The number of halogens is 1. The zero-order chi connectivity index (χ0) is 21.6. The van der Waals surface area contributed by atoms with E-state index >= 15 is 0 Å². The molecule has 0 bridgehead atoms. The van der Waals surface area contributed by atoms with E-state index in [9.17, 15) is 0 Å². The molecule has 0 aromatic heterocycles. The summed E-state index contributed by atoms with van der Waals surface area (Å²) in [6, 6.07) is 0. The second kappa shape index (κ2) is 24.3. The van der Waals surface area contributed by atoms with Crippen LogP contribution in [-0.4, -0.2) is 5.54 Å². The van der Waals surface area contributed by atoms with Crippen molar-refractivity contribution in [1.29, 1.82) is 0 Å². The standard InChI is InChI=1S/C28H59N.HI/c1-5-9-13-14-15-16-17-18-19-20-21-22-24-27(23-10-6-2)28(29,25-11-7-3)26-12-8-4;/h27H,5-26,29H2,1-4H3;1H. The molecule has 1 unspecified atom stereocenters. The monoisotopic (exact) mass is 537 g/mol. The van der Waals surface area contributed by atoms with E-state index < -0.39 is 0 Å². The highest BCUT2D eigenvalue weighted by Gasteiger charge is 2.32. The average Bonchev–Trinajstić information content (AvgIpc) is 2.73. The van der Waals surface area contributed by atoms with E-state index in [1.54, 1.807) is 0 Å². The highest BCUT2D eigenvalue weighted by molar-refractivity contribution is 14.0. The Kier molecular flexibility index (Phi) is 26.7. The number of rotatable bonds is 23. The van der Waals surface area contributed by atoms with Crippen LogP contribution in [0.1, 0.15) is 169 Å². The molecule has 0 aliphatic carbocycles. The first-order chi connectivity index (χ1) is 14.1. The predicted octanol–water partition coefficient (Wildman–Crippen LogP) is 10.6. The highest BCUT2D eigenvalue weighted by Crippen LogP contribution is 2.34. The third-order valence-corrected chi connectivity index (χ3v) is 7.12. The molecule has 2 heteroatoms. The van der Waals surface area contributed by atoms with Gasteiger partial charge >= 0.3 is 0 Å². The molecule has 0 radical (unpaired) electrons. The van der Waals surface area contributed by atoms with Crippen LogP contribution in [-0.2, 0) is 0 Å². The fourth-order valence-corrected chi connectivity index (χ4v) is 4.95. The van der Waals surface area contributed by atoms with Gasteiger partial charge in [0.05, 0.1) is 0 Å². The van der Waals surface area contributed by atoms with Gasteiger partial charge in [0.2, 0.25) is 0 Å². The Morgan fingerprint density at radius 2 is 0.800 bits per heavy atom. The molecule has 0 aromatic rings. The minimum Gasteiger partial charge on any atom is -0.325 e. The van der Waals surface area contributed by atoms with Crippen molar-refractivity contribution < 1.29 is 0 Å². The third-order valence-electron chi connectivity index (χ3n) is 7.12. The summed E-state index contributed by atoms with van der Waals surface area (Å²) >= 11 is 0. The first-order valence-electron chi connectivity index (χ1n) is 13.9. The van der Waals surface area contributed by atoms with Gasteiger partial charge in [0, 0.05) is 5.54 Å². The zero-order valence-electron chi connectivity index (χ0n) is 21.6. The van der Waals surface area contributed by atoms with Crippen LogP contribution >= 0.6 is 24.0 Å². The maximum absolute atomic E-state index is 7.09. The Hall–Kier alpha value is 0.690. The molecule has 1 atom stereocenters. The molecule has 0 amide bonds. The van der Waals surface area contributed by atoms with E-state index in [1.165, 1.54) is 141 Å². The maximum atomic E-state index is 7.09. The van der Waals surface area contributed by atoms with Crippen molar-refractivity contribution in [2.45, 2.75) is 174 Å². The van der Waals surface area contributed by atoms with Crippen molar-refractivity contribution in [2.24, 2.45) is 11.7 Å². The number of hydrogen-bond acceptors (Lipinski definition) is 1. The van der Waals surface area contributed by atoms with Crippen molar-refractivity contribution in [2.75, 3.05) is 0 Å². The topological polar surface area (TPSA) is 26.0 Å². The predicted molar refractivity (Wildman–Crippen MR) is 150 cm³/mol. The molecule has 30 heavy (non-hydrogen) atoms. The average molecular weight is 538 g/mol. The van der Waals surface area contributed by atoms with Gasteiger partial charge in [-0.05, 0) is 31.6 Å². The Bertz CT molecular complexity index is 310. The molecular weight excluding hydrogens is 477 g/mol. The Labute approximate surface area is 209 Å².